The molecule has 0 saturated carbocycles. The van der Waals surface area contributed by atoms with Crippen molar-refractivity contribution in [1.29, 1.82) is 5.26 Å². The summed E-state index contributed by atoms with van der Waals surface area (Å²) >= 11 is 11.7. The third kappa shape index (κ3) is 3.81. The van der Waals surface area contributed by atoms with Crippen LogP contribution >= 0.6 is 23.2 Å². The molecule has 0 bridgehead atoms. The maximum atomic E-state index is 12.0. The quantitative estimate of drug-likeness (QED) is 0.874. The lowest BCUT2D eigenvalue weighted by atomic mass is 10.2. The van der Waals surface area contributed by atoms with Gasteiger partial charge in [-0.1, -0.05) is 23.2 Å². The lowest BCUT2D eigenvalue weighted by Gasteiger charge is -2.31. The van der Waals surface area contributed by atoms with Crippen LogP contribution < -0.4 is 10.6 Å². The van der Waals surface area contributed by atoms with E-state index in [0.29, 0.717) is 18.1 Å². The van der Waals surface area contributed by atoms with Crippen LogP contribution in [-0.2, 0) is 4.79 Å². The van der Waals surface area contributed by atoms with Crippen LogP contribution in [0, 0.1) is 11.3 Å². The van der Waals surface area contributed by atoms with E-state index in [-0.39, 0.29) is 29.3 Å². The van der Waals surface area contributed by atoms with Crippen molar-refractivity contribution in [3.63, 3.8) is 0 Å². The minimum absolute atomic E-state index is 0.126. The van der Waals surface area contributed by atoms with E-state index >= 15 is 0 Å². The van der Waals surface area contributed by atoms with E-state index in [4.69, 9.17) is 28.5 Å². The number of nitrogens with one attached hydrogen (secondary N) is 2. The summed E-state index contributed by atoms with van der Waals surface area (Å²) in [4.78, 5) is 17.7. The van der Waals surface area contributed by atoms with Gasteiger partial charge in [0.05, 0.1) is 22.7 Å². The monoisotopic (exact) mass is 313 g/mol. The van der Waals surface area contributed by atoms with E-state index in [0.717, 1.165) is 6.54 Å². The molecule has 1 fully saturated rings. The van der Waals surface area contributed by atoms with E-state index in [1.165, 1.54) is 12.3 Å². The van der Waals surface area contributed by atoms with E-state index in [1.54, 1.807) is 0 Å². The zero-order valence-electron chi connectivity index (χ0n) is 10.6. The predicted molar refractivity (Wildman–Crippen MR) is 76.7 cm³/mol. The molecule has 1 aliphatic rings. The first kappa shape index (κ1) is 15.0. The van der Waals surface area contributed by atoms with Crippen LogP contribution in [0.1, 0.15) is 0 Å². The lowest BCUT2D eigenvalue weighted by molar-refractivity contribution is -0.117. The number of pyridine rings is 1. The Bertz CT molecular complexity index is 545. The van der Waals surface area contributed by atoms with Gasteiger partial charge in [0.15, 0.2) is 5.82 Å². The van der Waals surface area contributed by atoms with Gasteiger partial charge in [0.2, 0.25) is 5.91 Å². The van der Waals surface area contributed by atoms with Gasteiger partial charge in [-0.15, -0.1) is 0 Å². The third-order valence-corrected chi connectivity index (χ3v) is 3.41. The summed E-state index contributed by atoms with van der Waals surface area (Å²) in [7, 11) is 0. The number of amides is 1. The summed E-state index contributed by atoms with van der Waals surface area (Å²) in [5.74, 6) is 0.00795. The van der Waals surface area contributed by atoms with E-state index in [1.807, 2.05) is 4.90 Å². The number of hydrogen-bond donors (Lipinski definition) is 2. The molecule has 1 aromatic rings. The summed E-state index contributed by atoms with van der Waals surface area (Å²) in [6.07, 6.45) is 1.41. The Kier molecular flexibility index (Phi) is 5.15. The average Bonchev–Trinajstić information content (AvgIpc) is 2.42. The van der Waals surface area contributed by atoms with Crippen LogP contribution in [0.25, 0.3) is 0 Å². The van der Waals surface area contributed by atoms with Crippen molar-refractivity contribution in [1.82, 2.24) is 15.2 Å². The summed E-state index contributed by atoms with van der Waals surface area (Å²) in [5.41, 5.74) is 0. The SMILES string of the molecule is N#CC1CNCCN1CC(=O)Nc1ncc(Cl)cc1Cl. The Hall–Kier alpha value is -1.39. The zero-order valence-corrected chi connectivity index (χ0v) is 12.1. The van der Waals surface area contributed by atoms with Gasteiger partial charge in [-0.05, 0) is 6.07 Å². The van der Waals surface area contributed by atoms with Crippen molar-refractivity contribution in [3.8, 4) is 6.07 Å². The van der Waals surface area contributed by atoms with E-state index in [9.17, 15) is 4.79 Å². The highest BCUT2D eigenvalue weighted by atomic mass is 35.5. The molecule has 1 unspecified atom stereocenters. The fourth-order valence-corrected chi connectivity index (χ4v) is 2.35. The first-order chi connectivity index (χ1) is 9.60. The van der Waals surface area contributed by atoms with Crippen molar-refractivity contribution >= 4 is 34.9 Å². The number of piperazine rings is 1. The number of nitrogens with zero attached hydrogens (tertiary/aromatic N) is 3. The van der Waals surface area contributed by atoms with Gasteiger partial charge in [-0.2, -0.15) is 5.26 Å². The fraction of sp³-hybridized carbons (Fsp3) is 0.417. The maximum absolute atomic E-state index is 12.0. The van der Waals surface area contributed by atoms with Gasteiger partial charge >= 0.3 is 0 Å². The first-order valence-corrected chi connectivity index (χ1v) is 6.81. The number of anilines is 1. The topological polar surface area (TPSA) is 81.0 Å². The molecule has 0 aliphatic carbocycles. The van der Waals surface area contributed by atoms with Crippen LogP contribution in [0.3, 0.4) is 0 Å². The van der Waals surface area contributed by atoms with Gasteiger partial charge < -0.3 is 10.6 Å². The molecule has 6 nitrogen and oxygen atoms in total. The Morgan fingerprint density at radius 1 is 1.65 bits per heavy atom. The molecule has 1 atom stereocenters. The molecule has 20 heavy (non-hydrogen) atoms. The van der Waals surface area contributed by atoms with Crippen LogP contribution in [0.2, 0.25) is 10.0 Å². The molecule has 0 spiro atoms. The zero-order chi connectivity index (χ0) is 14.5. The second-order valence-electron chi connectivity index (χ2n) is 4.35. The Labute approximate surface area is 126 Å². The van der Waals surface area contributed by atoms with E-state index in [2.05, 4.69) is 21.7 Å². The molecular formula is C12H13Cl2N5O. The highest BCUT2D eigenvalue weighted by Gasteiger charge is 2.24. The summed E-state index contributed by atoms with van der Waals surface area (Å²) in [5, 5.41) is 15.4. The second-order valence-corrected chi connectivity index (χ2v) is 5.20. The second kappa shape index (κ2) is 6.86. The van der Waals surface area contributed by atoms with Crippen LogP contribution in [0.5, 0.6) is 0 Å². The smallest absolute Gasteiger partial charge is 0.239 e. The third-order valence-electron chi connectivity index (χ3n) is 2.92. The molecule has 1 aromatic heterocycles. The summed E-state index contributed by atoms with van der Waals surface area (Å²) < 4.78 is 0. The molecular weight excluding hydrogens is 301 g/mol. The van der Waals surface area contributed by atoms with Crippen molar-refractivity contribution in [3.05, 3.63) is 22.3 Å². The summed E-state index contributed by atoms with van der Waals surface area (Å²) in [6, 6.07) is 3.37. The molecule has 2 N–H and O–H groups in total. The van der Waals surface area contributed by atoms with Crippen LogP contribution in [0.15, 0.2) is 12.3 Å². The molecule has 1 amide bonds. The Morgan fingerprint density at radius 2 is 2.45 bits per heavy atom. The van der Waals surface area contributed by atoms with Crippen molar-refractivity contribution < 1.29 is 4.79 Å². The highest BCUT2D eigenvalue weighted by molar-refractivity contribution is 6.36. The number of hydrogen-bond acceptors (Lipinski definition) is 5. The molecule has 8 heteroatoms. The number of nitriles is 1. The Morgan fingerprint density at radius 3 is 3.15 bits per heavy atom. The fourth-order valence-electron chi connectivity index (χ4n) is 1.93. The molecule has 1 saturated heterocycles. The lowest BCUT2D eigenvalue weighted by Crippen LogP contribution is -2.52. The molecule has 0 aromatic carbocycles. The molecule has 2 rings (SSSR count). The predicted octanol–water partition coefficient (Wildman–Crippen LogP) is 1.12. The number of carbonyl (C=O) groups excluding carboxylic acids is 1. The number of aromatic nitrogens is 1. The maximum Gasteiger partial charge on any atom is 0.239 e. The molecule has 106 valence electrons. The molecule has 0 radical (unpaired) electrons. The standard InChI is InChI=1S/C12H13Cl2N5O/c13-8-3-10(14)12(17-5-8)18-11(20)7-19-2-1-16-6-9(19)4-15/h3,5,9,16H,1-2,6-7H2,(H,17,18,20). The van der Waals surface area contributed by atoms with Gasteiger partial charge in [0.25, 0.3) is 0 Å². The van der Waals surface area contributed by atoms with Gasteiger partial charge in [0.1, 0.15) is 6.04 Å². The first-order valence-electron chi connectivity index (χ1n) is 6.05. The average molecular weight is 314 g/mol. The minimum atomic E-state index is -0.303. The number of rotatable bonds is 3. The van der Waals surface area contributed by atoms with E-state index < -0.39 is 0 Å². The van der Waals surface area contributed by atoms with Crippen LogP contribution in [0.4, 0.5) is 5.82 Å². The molecule has 2 heterocycles. The van der Waals surface area contributed by atoms with Gasteiger partial charge in [-0.3, -0.25) is 9.69 Å². The van der Waals surface area contributed by atoms with Crippen LogP contribution in [-0.4, -0.2) is 48.0 Å². The largest absolute Gasteiger partial charge is 0.313 e. The van der Waals surface area contributed by atoms with Crippen molar-refractivity contribution in [2.24, 2.45) is 0 Å². The highest BCUT2D eigenvalue weighted by Crippen LogP contribution is 2.22. The van der Waals surface area contributed by atoms with Gasteiger partial charge in [-0.25, -0.2) is 4.98 Å². The van der Waals surface area contributed by atoms with Crippen molar-refractivity contribution in [2.45, 2.75) is 6.04 Å². The normalized spacial score (nSPS) is 19.4. The van der Waals surface area contributed by atoms with Gasteiger partial charge in [0, 0.05) is 25.8 Å². The Balaban J connectivity index is 1.96. The number of halogens is 2. The molecule has 1 aliphatic heterocycles. The minimum Gasteiger partial charge on any atom is -0.313 e. The van der Waals surface area contributed by atoms with Crippen molar-refractivity contribution in [2.75, 3.05) is 31.5 Å². The number of carbonyl (C=O) groups is 1. The summed E-state index contributed by atoms with van der Waals surface area (Å²) in [6.45, 7) is 2.09.